The van der Waals surface area contributed by atoms with E-state index in [1.807, 2.05) is 0 Å². The van der Waals surface area contributed by atoms with Crippen LogP contribution in [-0.2, 0) is 23.7 Å². The fourth-order valence-corrected chi connectivity index (χ4v) is 4.66. The molecule has 0 aromatic carbocycles. The quantitative estimate of drug-likeness (QED) is 0.140. The molecular weight excluding hydrogens is 492 g/mol. The average Bonchev–Trinajstić information content (AvgIpc) is 2.86. The number of hydrogen-bond donors (Lipinski definition) is 10. The lowest BCUT2D eigenvalue weighted by molar-refractivity contribution is -0.373. The molecule has 6 unspecified atom stereocenters. The summed E-state index contributed by atoms with van der Waals surface area (Å²) in [4.78, 5) is 0. The number of aliphatic hydroxyl groups excluding tert-OH is 10. The minimum atomic E-state index is -1.85. The average molecular weight is 531 g/mol. The Bertz CT molecular complexity index is 678. The molecule has 3 fully saturated rings. The Morgan fingerprint density at radius 2 is 0.944 bits per heavy atom. The molecule has 3 aliphatic heterocycles. The number of ether oxygens (including phenoxy) is 5. The second kappa shape index (κ2) is 12.5. The van der Waals surface area contributed by atoms with E-state index in [4.69, 9.17) is 23.7 Å². The van der Waals surface area contributed by atoms with Gasteiger partial charge in [-0.15, -0.1) is 0 Å². The van der Waals surface area contributed by atoms with Gasteiger partial charge in [0.05, 0.1) is 25.9 Å². The van der Waals surface area contributed by atoms with Crippen molar-refractivity contribution in [3.05, 3.63) is 0 Å². The summed E-state index contributed by atoms with van der Waals surface area (Å²) in [6.45, 7) is 1.40. The predicted molar refractivity (Wildman–Crippen MR) is 114 cm³/mol. The first kappa shape index (κ1) is 29.9. The minimum absolute atomic E-state index is 0.206. The van der Waals surface area contributed by atoms with E-state index >= 15 is 0 Å². The summed E-state index contributed by atoms with van der Waals surface area (Å²) in [6.07, 6.45) is -22.7. The second-order valence-electron chi connectivity index (χ2n) is 9.65. The third-order valence-corrected chi connectivity index (χ3v) is 6.81. The predicted octanol–water partition coefficient (Wildman–Crippen LogP) is -5.87. The van der Waals surface area contributed by atoms with E-state index in [9.17, 15) is 51.1 Å². The van der Waals surface area contributed by atoms with Crippen molar-refractivity contribution in [2.24, 2.45) is 5.92 Å². The molecule has 0 bridgehead atoms. The first-order valence-corrected chi connectivity index (χ1v) is 11.8. The smallest absolute Gasteiger partial charge is 0.187 e. The first-order chi connectivity index (χ1) is 17.0. The highest BCUT2D eigenvalue weighted by Gasteiger charge is 2.53. The van der Waals surface area contributed by atoms with Crippen molar-refractivity contribution in [1.82, 2.24) is 0 Å². The van der Waals surface area contributed by atoms with Crippen LogP contribution in [0.1, 0.15) is 13.8 Å². The van der Waals surface area contributed by atoms with E-state index in [2.05, 4.69) is 0 Å². The van der Waals surface area contributed by atoms with Crippen molar-refractivity contribution in [3.63, 3.8) is 0 Å². The van der Waals surface area contributed by atoms with Crippen LogP contribution in [0.4, 0.5) is 0 Å². The van der Waals surface area contributed by atoms with Gasteiger partial charge in [-0.2, -0.15) is 0 Å². The van der Waals surface area contributed by atoms with Crippen molar-refractivity contribution >= 4 is 0 Å². The molecule has 0 aromatic rings. The molecule has 0 radical (unpaired) electrons. The molecule has 0 spiro atoms. The molecule has 3 rings (SSSR count). The Hall–Kier alpha value is -0.600. The summed E-state index contributed by atoms with van der Waals surface area (Å²) < 4.78 is 27.5. The van der Waals surface area contributed by atoms with Gasteiger partial charge < -0.3 is 74.7 Å². The van der Waals surface area contributed by atoms with Crippen molar-refractivity contribution in [2.45, 2.75) is 106 Å². The molecular formula is C21H38O15. The van der Waals surface area contributed by atoms with E-state index in [0.717, 1.165) is 0 Å². The third-order valence-electron chi connectivity index (χ3n) is 6.81. The van der Waals surface area contributed by atoms with E-state index in [-0.39, 0.29) is 5.92 Å². The van der Waals surface area contributed by atoms with Gasteiger partial charge in [-0.25, -0.2) is 0 Å². The van der Waals surface area contributed by atoms with Gasteiger partial charge in [-0.05, 0) is 5.92 Å². The fourth-order valence-electron chi connectivity index (χ4n) is 4.66. The molecule has 15 heteroatoms. The third kappa shape index (κ3) is 5.85. The van der Waals surface area contributed by atoms with E-state index in [0.29, 0.717) is 0 Å². The highest BCUT2D eigenvalue weighted by Crippen LogP contribution is 2.33. The van der Waals surface area contributed by atoms with E-state index in [1.165, 1.54) is 0 Å². The van der Waals surface area contributed by atoms with Gasteiger partial charge in [-0.1, -0.05) is 13.8 Å². The summed E-state index contributed by atoms with van der Waals surface area (Å²) in [5.41, 5.74) is 0. The van der Waals surface area contributed by atoms with Gasteiger partial charge in [0.15, 0.2) is 12.6 Å². The SMILES string of the molecule is CC(C)[C@H]1OC(CO)[C@H](O[C@@H]2OC(CO)[C@@H](O[C@H]3OC(CO)[C@@H](O)C(O)[C@@H]3O)C(O)[C@@H]2O)C(O)[C@@H]1O. The van der Waals surface area contributed by atoms with Crippen LogP contribution in [-0.4, -0.2) is 163 Å². The lowest BCUT2D eigenvalue weighted by atomic mass is 9.89. The Kier molecular flexibility index (Phi) is 10.4. The molecule has 212 valence electrons. The molecule has 3 aliphatic rings. The second-order valence-corrected chi connectivity index (χ2v) is 9.65. The van der Waals surface area contributed by atoms with Crippen LogP contribution in [0.3, 0.4) is 0 Å². The van der Waals surface area contributed by atoms with Crippen LogP contribution >= 0.6 is 0 Å². The van der Waals surface area contributed by atoms with Crippen molar-refractivity contribution in [3.8, 4) is 0 Å². The molecule has 0 amide bonds. The Morgan fingerprint density at radius 3 is 1.42 bits per heavy atom. The van der Waals surface area contributed by atoms with Crippen LogP contribution in [0.15, 0.2) is 0 Å². The first-order valence-electron chi connectivity index (χ1n) is 11.8. The minimum Gasteiger partial charge on any atom is -0.394 e. The zero-order valence-electron chi connectivity index (χ0n) is 19.9. The highest BCUT2D eigenvalue weighted by molar-refractivity contribution is 4.97. The largest absolute Gasteiger partial charge is 0.394 e. The monoisotopic (exact) mass is 530 g/mol. The Balaban J connectivity index is 1.72. The normalized spacial score (nSPS) is 50.4. The Labute approximate surface area is 207 Å². The van der Waals surface area contributed by atoms with Crippen LogP contribution in [0.25, 0.3) is 0 Å². The Morgan fingerprint density at radius 1 is 0.528 bits per heavy atom. The maximum atomic E-state index is 10.7. The van der Waals surface area contributed by atoms with Gasteiger partial charge in [-0.3, -0.25) is 0 Å². The molecule has 0 aliphatic carbocycles. The number of rotatable bonds is 8. The summed E-state index contributed by atoms with van der Waals surface area (Å²) in [7, 11) is 0. The lowest BCUT2D eigenvalue weighted by Crippen LogP contribution is -2.66. The molecule has 0 aromatic heterocycles. The van der Waals surface area contributed by atoms with Crippen molar-refractivity contribution in [1.29, 1.82) is 0 Å². The van der Waals surface area contributed by atoms with Gasteiger partial charge in [0, 0.05) is 0 Å². The van der Waals surface area contributed by atoms with E-state index in [1.54, 1.807) is 13.8 Å². The van der Waals surface area contributed by atoms with Crippen LogP contribution in [0.5, 0.6) is 0 Å². The highest BCUT2D eigenvalue weighted by atomic mass is 16.7. The lowest BCUT2D eigenvalue weighted by Gasteiger charge is -2.48. The van der Waals surface area contributed by atoms with Crippen LogP contribution < -0.4 is 0 Å². The molecule has 0 saturated carbocycles. The zero-order chi connectivity index (χ0) is 26.9. The van der Waals surface area contributed by atoms with Crippen molar-refractivity contribution in [2.75, 3.05) is 19.8 Å². The summed E-state index contributed by atoms with van der Waals surface area (Å²) in [5, 5.41) is 101. The molecule has 15 nitrogen and oxygen atoms in total. The van der Waals surface area contributed by atoms with Crippen LogP contribution in [0, 0.1) is 5.92 Å². The summed E-state index contributed by atoms with van der Waals surface area (Å²) in [5.74, 6) is -0.206. The van der Waals surface area contributed by atoms with Gasteiger partial charge >= 0.3 is 0 Å². The summed E-state index contributed by atoms with van der Waals surface area (Å²) in [6, 6.07) is 0. The van der Waals surface area contributed by atoms with Crippen LogP contribution in [0.2, 0.25) is 0 Å². The fraction of sp³-hybridized carbons (Fsp3) is 1.00. The molecule has 3 heterocycles. The maximum Gasteiger partial charge on any atom is 0.187 e. The summed E-state index contributed by atoms with van der Waals surface area (Å²) >= 11 is 0. The molecule has 3 saturated heterocycles. The number of aliphatic hydroxyl groups is 10. The zero-order valence-corrected chi connectivity index (χ0v) is 19.9. The molecule has 10 N–H and O–H groups in total. The van der Waals surface area contributed by atoms with Gasteiger partial charge in [0.25, 0.3) is 0 Å². The topological polar surface area (TPSA) is 248 Å². The molecule has 36 heavy (non-hydrogen) atoms. The van der Waals surface area contributed by atoms with Crippen molar-refractivity contribution < 1.29 is 74.7 Å². The van der Waals surface area contributed by atoms with Gasteiger partial charge in [0.2, 0.25) is 0 Å². The van der Waals surface area contributed by atoms with E-state index < -0.39 is 112 Å². The standard InChI is InChI=1S/C21H38O15/c1-6(2)17-12(27)13(28)18(8(4-23)32-17)35-21-16(31)14(29)19(9(5-24)34-21)36-20-15(30)11(26)10(25)7(3-22)33-20/h6-31H,3-5H2,1-2H3/t7?,8?,9?,10-,11?,12+,13?,14?,15+,16+,17-,18+,19-,20-,21+/m1/s1. The molecule has 15 atom stereocenters. The number of hydrogen-bond acceptors (Lipinski definition) is 15. The maximum absolute atomic E-state index is 10.7. The van der Waals surface area contributed by atoms with Gasteiger partial charge in [0.1, 0.15) is 73.2 Å².